The van der Waals surface area contributed by atoms with E-state index in [0.717, 1.165) is 42.5 Å². The largest absolute Gasteiger partial charge is 0.445 e. The van der Waals surface area contributed by atoms with Crippen LogP contribution in [0.3, 0.4) is 0 Å². The summed E-state index contributed by atoms with van der Waals surface area (Å²) >= 11 is 6.28. The Labute approximate surface area is 198 Å². The number of alkyl carbamates (subject to hydrolysis) is 1. The number of nitrogens with one attached hydrogen (secondary N) is 1. The summed E-state index contributed by atoms with van der Waals surface area (Å²) in [5.74, 6) is 0. The Kier molecular flexibility index (Phi) is 8.12. The molecular formula is C25H31ClN2O3S. The summed E-state index contributed by atoms with van der Waals surface area (Å²) in [4.78, 5) is 12.4. The molecule has 0 saturated heterocycles. The Morgan fingerprint density at radius 2 is 1.81 bits per heavy atom. The molecular weight excluding hydrogens is 444 g/mol. The Hall–Kier alpha value is -2.18. The fourth-order valence-corrected chi connectivity index (χ4v) is 4.65. The Balaban J connectivity index is 1.69. The van der Waals surface area contributed by atoms with Crippen LogP contribution in [0, 0.1) is 0 Å². The van der Waals surface area contributed by atoms with Gasteiger partial charge in [-0.15, -0.1) is 0 Å². The molecule has 5 nitrogen and oxygen atoms in total. The van der Waals surface area contributed by atoms with E-state index in [1.54, 1.807) is 0 Å². The molecule has 1 aliphatic rings. The van der Waals surface area contributed by atoms with Gasteiger partial charge in [-0.3, -0.25) is 0 Å². The fourth-order valence-electron chi connectivity index (χ4n) is 3.76. The van der Waals surface area contributed by atoms with Gasteiger partial charge in [0.05, 0.1) is 4.75 Å². The van der Waals surface area contributed by atoms with Crippen LogP contribution in [0.15, 0.2) is 59.0 Å². The number of amides is 1. The topological polar surface area (TPSA) is 67.8 Å². The summed E-state index contributed by atoms with van der Waals surface area (Å²) in [5.41, 5.74) is 2.73. The minimum absolute atomic E-state index is 0.228. The lowest BCUT2D eigenvalue weighted by Crippen LogP contribution is -2.43. The number of rotatable bonds is 6. The third kappa shape index (κ3) is 6.66. The van der Waals surface area contributed by atoms with Crippen LogP contribution in [0.25, 0.3) is 0 Å². The first kappa shape index (κ1) is 24.5. The van der Waals surface area contributed by atoms with Gasteiger partial charge >= 0.3 is 6.09 Å². The lowest BCUT2D eigenvalue weighted by molar-refractivity contribution is 0.136. The number of nitrogens with zero attached hydrogens (tertiary/aromatic N) is 1. The molecule has 0 radical (unpaired) electrons. The van der Waals surface area contributed by atoms with Crippen LogP contribution in [0.4, 0.5) is 4.79 Å². The molecule has 0 bridgehead atoms. The Morgan fingerprint density at radius 1 is 1.12 bits per heavy atom. The van der Waals surface area contributed by atoms with Crippen molar-refractivity contribution in [2.75, 3.05) is 6.54 Å². The minimum atomic E-state index is -1.26. The lowest BCUT2D eigenvalue weighted by atomic mass is 9.69. The summed E-state index contributed by atoms with van der Waals surface area (Å²) < 4.78 is 22.0. The molecule has 0 aliphatic heterocycles. The zero-order valence-corrected chi connectivity index (χ0v) is 20.5. The predicted octanol–water partition coefficient (Wildman–Crippen LogP) is 5.98. The molecule has 1 atom stereocenters. The number of halogens is 1. The molecule has 2 aromatic rings. The van der Waals surface area contributed by atoms with E-state index in [9.17, 15) is 9.00 Å². The van der Waals surface area contributed by atoms with E-state index in [0.29, 0.717) is 11.6 Å². The van der Waals surface area contributed by atoms with Crippen LogP contribution in [0.1, 0.15) is 57.6 Å². The predicted molar refractivity (Wildman–Crippen MR) is 132 cm³/mol. The number of hydrogen-bond donors (Lipinski definition) is 1. The SMILES string of the molecule is CC(C)(C)S(=O)N=C1CCC(CNC(=O)OCc2ccccc2)(c2cccc(Cl)c2)CC1. The second-order valence-electron chi connectivity index (χ2n) is 9.23. The van der Waals surface area contributed by atoms with Crippen molar-refractivity contribution in [3.05, 3.63) is 70.7 Å². The highest BCUT2D eigenvalue weighted by Crippen LogP contribution is 2.39. The van der Waals surface area contributed by atoms with Crippen molar-refractivity contribution >= 4 is 34.4 Å². The molecule has 1 unspecified atom stereocenters. The maximum absolute atomic E-state index is 12.4. The van der Waals surface area contributed by atoms with Crippen molar-refractivity contribution in [3.8, 4) is 0 Å². The van der Waals surface area contributed by atoms with Crippen molar-refractivity contribution in [1.29, 1.82) is 0 Å². The molecule has 1 saturated carbocycles. The molecule has 32 heavy (non-hydrogen) atoms. The van der Waals surface area contributed by atoms with Gasteiger partial charge in [0.2, 0.25) is 0 Å². The Bertz CT molecular complexity index is 976. The number of ether oxygens (including phenoxy) is 1. The van der Waals surface area contributed by atoms with Crippen LogP contribution in [0.2, 0.25) is 5.02 Å². The average molecular weight is 475 g/mol. The first-order valence-corrected chi connectivity index (χ1v) is 12.4. The highest BCUT2D eigenvalue weighted by atomic mass is 35.5. The number of benzene rings is 2. The van der Waals surface area contributed by atoms with Gasteiger partial charge < -0.3 is 10.1 Å². The quantitative estimate of drug-likeness (QED) is 0.559. The van der Waals surface area contributed by atoms with Crippen molar-refractivity contribution < 1.29 is 13.7 Å². The Morgan fingerprint density at radius 3 is 2.44 bits per heavy atom. The normalized spacial score (nSPS) is 19.8. The maximum Gasteiger partial charge on any atom is 0.407 e. The maximum atomic E-state index is 12.4. The van der Waals surface area contributed by atoms with Crippen LogP contribution in [-0.2, 0) is 27.7 Å². The summed E-state index contributed by atoms with van der Waals surface area (Å²) in [6.07, 6.45) is 2.59. The van der Waals surface area contributed by atoms with Gasteiger partial charge in [0.1, 0.15) is 17.6 Å². The first-order chi connectivity index (χ1) is 15.2. The standard InChI is InChI=1S/C25H31ClN2O3S/c1-24(2,3)32(30)28-22-12-14-25(15-13-22,20-10-7-11-21(26)16-20)18-27-23(29)31-17-19-8-5-4-6-9-19/h4-11,16H,12-15,17-18H2,1-3H3,(H,27,29). The molecule has 0 heterocycles. The van der Waals surface area contributed by atoms with Crippen molar-refractivity contribution in [2.45, 2.75) is 63.2 Å². The van der Waals surface area contributed by atoms with Gasteiger partial charge in [-0.1, -0.05) is 54.1 Å². The molecule has 3 rings (SSSR count). The van der Waals surface area contributed by atoms with Gasteiger partial charge in [-0.25, -0.2) is 9.00 Å². The lowest BCUT2D eigenvalue weighted by Gasteiger charge is -2.38. The van der Waals surface area contributed by atoms with Crippen LogP contribution < -0.4 is 5.32 Å². The summed E-state index contributed by atoms with van der Waals surface area (Å²) in [5, 5.41) is 3.63. The van der Waals surface area contributed by atoms with Gasteiger partial charge in [0.15, 0.2) is 0 Å². The van der Waals surface area contributed by atoms with Crippen molar-refractivity contribution in [3.63, 3.8) is 0 Å². The molecule has 1 amide bonds. The van der Waals surface area contributed by atoms with Crippen molar-refractivity contribution in [2.24, 2.45) is 4.40 Å². The van der Waals surface area contributed by atoms with E-state index in [1.807, 2.05) is 69.3 Å². The highest BCUT2D eigenvalue weighted by molar-refractivity contribution is 7.85. The first-order valence-electron chi connectivity index (χ1n) is 10.9. The zero-order chi connectivity index (χ0) is 23.2. The summed E-state index contributed by atoms with van der Waals surface area (Å²) in [7, 11) is -1.26. The summed E-state index contributed by atoms with van der Waals surface area (Å²) in [6.45, 7) is 6.45. The minimum Gasteiger partial charge on any atom is -0.445 e. The third-order valence-corrected chi connectivity index (χ3v) is 7.45. The van der Waals surface area contributed by atoms with Gasteiger partial charge in [-0.2, -0.15) is 4.40 Å². The molecule has 1 aliphatic carbocycles. The molecule has 1 N–H and O–H groups in total. The van der Waals surface area contributed by atoms with E-state index < -0.39 is 17.1 Å². The second-order valence-corrected chi connectivity index (χ2v) is 11.6. The molecule has 172 valence electrons. The van der Waals surface area contributed by atoms with E-state index in [-0.39, 0.29) is 16.8 Å². The smallest absolute Gasteiger partial charge is 0.407 e. The highest BCUT2D eigenvalue weighted by Gasteiger charge is 2.37. The van der Waals surface area contributed by atoms with Gasteiger partial charge in [0.25, 0.3) is 0 Å². The molecule has 0 aromatic heterocycles. The van der Waals surface area contributed by atoms with Crippen LogP contribution in [-0.4, -0.2) is 27.3 Å². The summed E-state index contributed by atoms with van der Waals surface area (Å²) in [6, 6.07) is 17.4. The molecule has 0 spiro atoms. The number of hydrogen-bond acceptors (Lipinski definition) is 3. The van der Waals surface area contributed by atoms with Crippen LogP contribution in [0.5, 0.6) is 0 Å². The zero-order valence-electron chi connectivity index (χ0n) is 18.9. The number of carbonyl (C=O) groups is 1. The monoisotopic (exact) mass is 474 g/mol. The molecule has 7 heteroatoms. The van der Waals surface area contributed by atoms with E-state index in [1.165, 1.54) is 0 Å². The van der Waals surface area contributed by atoms with E-state index >= 15 is 0 Å². The fraction of sp³-hybridized carbons (Fsp3) is 0.440. The molecule has 1 fully saturated rings. The van der Waals surface area contributed by atoms with Crippen molar-refractivity contribution in [1.82, 2.24) is 5.32 Å². The molecule has 2 aromatic carbocycles. The van der Waals surface area contributed by atoms with Gasteiger partial charge in [0, 0.05) is 22.7 Å². The van der Waals surface area contributed by atoms with E-state index in [4.69, 9.17) is 16.3 Å². The number of carbonyl (C=O) groups excluding carboxylic acids is 1. The van der Waals surface area contributed by atoms with E-state index in [2.05, 4.69) is 15.8 Å². The second kappa shape index (κ2) is 10.6. The third-order valence-electron chi connectivity index (χ3n) is 5.74. The average Bonchev–Trinajstić information content (AvgIpc) is 2.77. The van der Waals surface area contributed by atoms with Crippen LogP contribution >= 0.6 is 11.6 Å². The van der Waals surface area contributed by atoms with Gasteiger partial charge in [-0.05, 0) is 69.7 Å².